The third-order valence-corrected chi connectivity index (χ3v) is 2.26. The summed E-state index contributed by atoms with van der Waals surface area (Å²) in [5, 5.41) is 0. The van der Waals surface area contributed by atoms with Gasteiger partial charge >= 0.3 is 0 Å². The van der Waals surface area contributed by atoms with E-state index in [9.17, 15) is 0 Å². The lowest BCUT2D eigenvalue weighted by Gasteiger charge is -2.19. The standard InChI is InChI=1S/C8H16O2Si/c1-7-5-6-9-8(7)10-11(2,3)4/h5-6H2,1-4H3. The second-order valence-electron chi connectivity index (χ2n) is 3.88. The van der Waals surface area contributed by atoms with Crippen LogP contribution in [0.15, 0.2) is 11.5 Å². The average Bonchev–Trinajstić information content (AvgIpc) is 2.12. The van der Waals surface area contributed by atoms with E-state index in [-0.39, 0.29) is 0 Å². The van der Waals surface area contributed by atoms with Crippen molar-refractivity contribution in [2.45, 2.75) is 33.0 Å². The molecule has 2 nitrogen and oxygen atoms in total. The van der Waals surface area contributed by atoms with Gasteiger partial charge in [-0.1, -0.05) is 0 Å². The van der Waals surface area contributed by atoms with Crippen LogP contribution in [0.4, 0.5) is 0 Å². The first-order valence-electron chi connectivity index (χ1n) is 4.00. The van der Waals surface area contributed by atoms with E-state index in [2.05, 4.69) is 26.6 Å². The predicted octanol–water partition coefficient (Wildman–Crippen LogP) is 2.49. The topological polar surface area (TPSA) is 18.5 Å². The maximum Gasteiger partial charge on any atom is 0.264 e. The molecule has 1 aliphatic rings. The summed E-state index contributed by atoms with van der Waals surface area (Å²) in [4.78, 5) is 0. The lowest BCUT2D eigenvalue weighted by Crippen LogP contribution is -2.25. The van der Waals surface area contributed by atoms with Gasteiger partial charge in [0.05, 0.1) is 6.61 Å². The van der Waals surface area contributed by atoms with E-state index in [4.69, 9.17) is 9.16 Å². The van der Waals surface area contributed by atoms with Gasteiger partial charge in [0.15, 0.2) is 0 Å². The Kier molecular flexibility index (Phi) is 2.27. The van der Waals surface area contributed by atoms with Crippen LogP contribution in [0, 0.1) is 0 Å². The van der Waals surface area contributed by atoms with Crippen molar-refractivity contribution in [2.75, 3.05) is 6.61 Å². The molecule has 1 rings (SSSR count). The van der Waals surface area contributed by atoms with Gasteiger partial charge in [0.25, 0.3) is 5.95 Å². The van der Waals surface area contributed by atoms with Crippen molar-refractivity contribution in [1.82, 2.24) is 0 Å². The van der Waals surface area contributed by atoms with Gasteiger partial charge in [-0.05, 0) is 26.6 Å². The third-order valence-electron chi connectivity index (χ3n) is 1.46. The van der Waals surface area contributed by atoms with Crippen LogP contribution in [0.3, 0.4) is 0 Å². The first-order valence-corrected chi connectivity index (χ1v) is 7.41. The van der Waals surface area contributed by atoms with Crippen molar-refractivity contribution < 1.29 is 9.16 Å². The van der Waals surface area contributed by atoms with Crippen LogP contribution in [0.5, 0.6) is 0 Å². The number of rotatable bonds is 2. The smallest absolute Gasteiger partial charge is 0.264 e. The van der Waals surface area contributed by atoms with E-state index in [0.29, 0.717) is 0 Å². The summed E-state index contributed by atoms with van der Waals surface area (Å²) in [5.74, 6) is 0.796. The molecule has 0 radical (unpaired) electrons. The molecule has 0 aromatic rings. The largest absolute Gasteiger partial charge is 0.520 e. The fourth-order valence-corrected chi connectivity index (χ4v) is 1.71. The molecule has 0 bridgehead atoms. The molecule has 0 aliphatic carbocycles. The Hall–Kier alpha value is -0.443. The maximum absolute atomic E-state index is 5.71. The van der Waals surface area contributed by atoms with Crippen molar-refractivity contribution in [1.29, 1.82) is 0 Å². The summed E-state index contributed by atoms with van der Waals surface area (Å²) >= 11 is 0. The Labute approximate surface area is 69.3 Å². The van der Waals surface area contributed by atoms with Crippen LogP contribution >= 0.6 is 0 Å². The highest BCUT2D eigenvalue weighted by atomic mass is 28.4. The number of ether oxygens (including phenoxy) is 1. The number of hydrogen-bond donors (Lipinski definition) is 0. The van der Waals surface area contributed by atoms with Crippen LogP contribution in [-0.2, 0) is 9.16 Å². The SMILES string of the molecule is CC1=C(O[Si](C)(C)C)OCC1. The zero-order valence-electron chi connectivity index (χ0n) is 7.73. The summed E-state index contributed by atoms with van der Waals surface area (Å²) in [7, 11) is -1.45. The van der Waals surface area contributed by atoms with Gasteiger partial charge in [-0.15, -0.1) is 0 Å². The van der Waals surface area contributed by atoms with Gasteiger partial charge < -0.3 is 9.16 Å². The van der Waals surface area contributed by atoms with E-state index in [1.165, 1.54) is 5.57 Å². The highest BCUT2D eigenvalue weighted by molar-refractivity contribution is 6.70. The second-order valence-corrected chi connectivity index (χ2v) is 8.31. The van der Waals surface area contributed by atoms with Crippen molar-refractivity contribution in [3.8, 4) is 0 Å². The minimum absolute atomic E-state index is 0.796. The van der Waals surface area contributed by atoms with Crippen LogP contribution in [-0.4, -0.2) is 14.9 Å². The molecule has 0 fully saturated rings. The summed E-state index contributed by atoms with van der Waals surface area (Å²) in [6.07, 6.45) is 1.03. The van der Waals surface area contributed by atoms with E-state index >= 15 is 0 Å². The Morgan fingerprint density at radius 3 is 2.36 bits per heavy atom. The van der Waals surface area contributed by atoms with Crippen molar-refractivity contribution in [2.24, 2.45) is 0 Å². The molecule has 0 unspecified atom stereocenters. The van der Waals surface area contributed by atoms with Crippen LogP contribution in [0.1, 0.15) is 13.3 Å². The summed E-state index contributed by atoms with van der Waals surface area (Å²) in [6.45, 7) is 9.35. The Balaban J connectivity index is 2.56. The highest BCUT2D eigenvalue weighted by Crippen LogP contribution is 2.22. The minimum Gasteiger partial charge on any atom is -0.520 e. The fourth-order valence-electron chi connectivity index (χ4n) is 0.917. The first kappa shape index (κ1) is 8.65. The molecule has 0 saturated heterocycles. The Morgan fingerprint density at radius 1 is 1.36 bits per heavy atom. The first-order chi connectivity index (χ1) is 4.99. The Bertz CT molecular complexity index is 179. The highest BCUT2D eigenvalue weighted by Gasteiger charge is 2.22. The lowest BCUT2D eigenvalue weighted by molar-refractivity contribution is 0.127. The molecule has 0 saturated carbocycles. The van der Waals surface area contributed by atoms with Gasteiger partial charge in [-0.3, -0.25) is 0 Å². The van der Waals surface area contributed by atoms with Crippen LogP contribution in [0.2, 0.25) is 19.6 Å². The molecule has 0 amide bonds. The lowest BCUT2D eigenvalue weighted by atomic mass is 10.3. The average molecular weight is 172 g/mol. The molecular weight excluding hydrogens is 156 g/mol. The van der Waals surface area contributed by atoms with E-state index in [1.54, 1.807) is 0 Å². The zero-order chi connectivity index (χ0) is 8.48. The van der Waals surface area contributed by atoms with Crippen molar-refractivity contribution >= 4 is 8.32 Å². The fraction of sp³-hybridized carbons (Fsp3) is 0.750. The molecule has 0 spiro atoms. The van der Waals surface area contributed by atoms with Gasteiger partial charge in [-0.2, -0.15) is 0 Å². The molecule has 0 aromatic heterocycles. The molecule has 0 aromatic carbocycles. The quantitative estimate of drug-likeness (QED) is 0.596. The maximum atomic E-state index is 5.71. The van der Waals surface area contributed by atoms with E-state index < -0.39 is 8.32 Å². The summed E-state index contributed by atoms with van der Waals surface area (Å²) in [6, 6.07) is 0. The molecule has 3 heteroatoms. The second kappa shape index (κ2) is 2.89. The van der Waals surface area contributed by atoms with Gasteiger partial charge in [0.1, 0.15) is 0 Å². The number of hydrogen-bond acceptors (Lipinski definition) is 2. The van der Waals surface area contributed by atoms with E-state index in [0.717, 1.165) is 19.0 Å². The summed E-state index contributed by atoms with van der Waals surface area (Å²) in [5.41, 5.74) is 1.26. The van der Waals surface area contributed by atoms with Crippen LogP contribution in [0.25, 0.3) is 0 Å². The molecule has 1 aliphatic heterocycles. The molecule has 11 heavy (non-hydrogen) atoms. The normalized spacial score (nSPS) is 18.5. The molecule has 1 heterocycles. The van der Waals surface area contributed by atoms with Gasteiger partial charge in [0, 0.05) is 12.0 Å². The Morgan fingerprint density at radius 2 is 2.00 bits per heavy atom. The minimum atomic E-state index is -1.45. The van der Waals surface area contributed by atoms with E-state index in [1.807, 2.05) is 0 Å². The van der Waals surface area contributed by atoms with Crippen molar-refractivity contribution in [3.63, 3.8) is 0 Å². The third kappa shape index (κ3) is 2.58. The van der Waals surface area contributed by atoms with Crippen LogP contribution < -0.4 is 0 Å². The van der Waals surface area contributed by atoms with Gasteiger partial charge in [0.2, 0.25) is 8.32 Å². The molecule has 0 atom stereocenters. The predicted molar refractivity (Wildman–Crippen MR) is 47.7 cm³/mol. The van der Waals surface area contributed by atoms with Gasteiger partial charge in [-0.25, -0.2) is 0 Å². The monoisotopic (exact) mass is 172 g/mol. The zero-order valence-corrected chi connectivity index (χ0v) is 8.73. The van der Waals surface area contributed by atoms with Crippen molar-refractivity contribution in [3.05, 3.63) is 11.5 Å². The molecule has 64 valence electrons. The molecule has 0 N–H and O–H groups in total. The summed E-state index contributed by atoms with van der Waals surface area (Å²) < 4.78 is 11.0. The molecular formula is C8H16O2Si.